The smallest absolute Gasteiger partial charge is 0 e. The van der Waals surface area contributed by atoms with E-state index in [-0.39, 0.29) is 22.6 Å². The minimum absolute atomic E-state index is 0. The van der Waals surface area contributed by atoms with Crippen molar-refractivity contribution in [1.29, 1.82) is 0 Å². The van der Waals surface area contributed by atoms with Gasteiger partial charge in [-0.15, -0.1) is 0 Å². The quantitative estimate of drug-likeness (QED) is 0.325. The predicted molar refractivity (Wildman–Crippen MR) is 159 cm³/mol. The van der Waals surface area contributed by atoms with E-state index in [2.05, 4.69) is 0 Å². The van der Waals surface area contributed by atoms with Crippen molar-refractivity contribution in [2.45, 2.75) is 7.43 Å². The molecule has 0 nitrogen and oxygen atoms in total. The van der Waals surface area contributed by atoms with Gasteiger partial charge >= 0.3 is 0 Å². The second kappa shape index (κ2) is 21.8. The van der Waals surface area contributed by atoms with Gasteiger partial charge in [-0.2, -0.15) is 0 Å². The fourth-order valence-electron chi connectivity index (χ4n) is 0. The molecule has 16 heteroatoms. The van der Waals surface area contributed by atoms with Crippen LogP contribution in [-0.4, -0.2) is 147 Å². The van der Waals surface area contributed by atoms with Crippen LogP contribution in [0.5, 0.6) is 0 Å². The van der Waals surface area contributed by atoms with Crippen molar-refractivity contribution in [3.8, 4) is 0 Å². The van der Waals surface area contributed by atoms with Gasteiger partial charge in [0.05, 0.1) is 0 Å². The summed E-state index contributed by atoms with van der Waals surface area (Å²) in [6.07, 6.45) is -0.236. The van der Waals surface area contributed by atoms with Gasteiger partial charge in [-0.05, 0) is 147 Å². The van der Waals surface area contributed by atoms with E-state index in [1.54, 1.807) is 78.1 Å². The lowest BCUT2D eigenvalue weighted by atomic mass is 12.0. The monoisotopic (exact) mass is 508 g/mol. The second-order valence-corrected chi connectivity index (χ2v) is 148. The van der Waals surface area contributed by atoms with Gasteiger partial charge in [0.15, 0.2) is 0 Å². The Balaban J connectivity index is -0.0000000229. The summed E-state index contributed by atoms with van der Waals surface area (Å²) in [4.78, 5) is 0. The molecule has 0 aromatic carbocycles. The lowest BCUT2D eigenvalue weighted by molar-refractivity contribution is 2.50. The minimum Gasteiger partial charge on any atom is -0.0776 e. The number of rotatable bonds is 2. The van der Waals surface area contributed by atoms with Gasteiger partial charge in [0.25, 0.3) is 0 Å². The first-order chi connectivity index (χ1) is 7.16. The molecule has 0 aliphatic carbocycles. The van der Waals surface area contributed by atoms with Crippen molar-refractivity contribution in [2.24, 2.45) is 0 Å². The molecule has 0 bridgehead atoms. The summed E-state index contributed by atoms with van der Waals surface area (Å²) < 4.78 is 0. The molecule has 0 radical (unpaired) electrons. The molecule has 0 unspecified atom stereocenters. The first kappa shape index (κ1) is 32.4. The SMILES string of the molecule is C.[HH].[HH].[SiH3][SiH2][SiH2][SiH3].[SiH3][SiH3].[SiH3][SiH3].[SiH3][Si]([SiH3])([SiH3])[Si]([SiH3])([SiH3])[SiH3]. The summed E-state index contributed by atoms with van der Waals surface area (Å²) in [5, 5.41) is 0. The molecule has 0 aliphatic rings. The molecule has 0 amide bonds. The molecule has 0 saturated heterocycles. The van der Waals surface area contributed by atoms with Gasteiger partial charge in [0.2, 0.25) is 0 Å². The molecule has 0 aromatic rings. The Hall–Kier alpha value is 3.47. The second-order valence-electron chi connectivity index (χ2n) is 5.50. The van der Waals surface area contributed by atoms with E-state index in [1.165, 1.54) is 39.0 Å². The summed E-state index contributed by atoms with van der Waals surface area (Å²) in [6, 6.07) is 0. The van der Waals surface area contributed by atoms with E-state index in [4.69, 9.17) is 0 Å². The summed E-state index contributed by atoms with van der Waals surface area (Å²) >= 11 is 0. The molecule has 0 N–H and O–H groups in total. The molecule has 0 aliphatic heterocycles. The van der Waals surface area contributed by atoms with E-state index in [9.17, 15) is 0 Å². The van der Waals surface area contributed by atoms with Crippen LogP contribution in [0, 0.1) is 0 Å². The fourth-order valence-corrected chi connectivity index (χ4v) is 0. The zero-order valence-corrected chi connectivity index (χ0v) is 43.2. The van der Waals surface area contributed by atoms with Gasteiger partial charge in [-0.3, -0.25) is 0 Å². The van der Waals surface area contributed by atoms with E-state index in [0.717, 1.165) is 17.1 Å². The summed E-state index contributed by atoms with van der Waals surface area (Å²) in [7, 11) is 20.8. The Kier molecular flexibility index (Phi) is 41.5. The van der Waals surface area contributed by atoms with Crippen molar-refractivity contribution in [2.75, 3.05) is 0 Å². The maximum absolute atomic E-state index is 1.72. The molecule has 17 heavy (non-hydrogen) atoms. The van der Waals surface area contributed by atoms with Crippen LogP contribution in [0.2, 0.25) is 0 Å². The van der Waals surface area contributed by atoms with Crippen molar-refractivity contribution >= 4 is 147 Å². The van der Waals surface area contributed by atoms with E-state index >= 15 is 0 Å². The van der Waals surface area contributed by atoms with Crippen LogP contribution < -0.4 is 0 Å². The topological polar surface area (TPSA) is 0 Å². The van der Waals surface area contributed by atoms with Crippen LogP contribution in [-0.2, 0) is 0 Å². The highest BCUT2D eigenvalue weighted by Crippen LogP contribution is 1.93. The molecule has 0 aromatic heterocycles. The van der Waals surface area contributed by atoms with Gasteiger partial charge in [0, 0.05) is 2.85 Å². The van der Waals surface area contributed by atoms with Crippen molar-refractivity contribution in [1.82, 2.24) is 0 Å². The molecular formula is CH48Si16. The van der Waals surface area contributed by atoms with Crippen LogP contribution in [0.15, 0.2) is 0 Å². The van der Waals surface area contributed by atoms with E-state index in [1.807, 2.05) is 0 Å². The van der Waals surface area contributed by atoms with E-state index < -0.39 is 0 Å². The highest BCUT2D eigenvalue weighted by molar-refractivity contribution is 8.06. The Morgan fingerprint density at radius 1 is 0.588 bits per heavy atom. The maximum Gasteiger partial charge on any atom is 0 e. The van der Waals surface area contributed by atoms with Gasteiger partial charge in [-0.1, -0.05) is 7.43 Å². The average molecular weight is 510 g/mol. The molecule has 116 valence electrons. The third kappa shape index (κ3) is 32.8. The largest absolute Gasteiger partial charge is 0.0776 e. The first-order valence-electron chi connectivity index (χ1n) is 7.16. The third-order valence-electron chi connectivity index (χ3n) is 2.75. The zero-order valence-electron chi connectivity index (χ0n) is 14.4. The summed E-state index contributed by atoms with van der Waals surface area (Å²) in [5.41, 5.74) is 0. The summed E-state index contributed by atoms with van der Waals surface area (Å²) in [5.74, 6) is 0. The molecule has 0 fully saturated rings. The van der Waals surface area contributed by atoms with Crippen molar-refractivity contribution < 1.29 is 2.85 Å². The zero-order chi connectivity index (χ0) is 14.4. The maximum atomic E-state index is 1.72. The number of hydrogen-bond acceptors (Lipinski definition) is 0. The van der Waals surface area contributed by atoms with Crippen LogP contribution >= 0.6 is 0 Å². The van der Waals surface area contributed by atoms with Gasteiger partial charge < -0.3 is 0 Å². The van der Waals surface area contributed by atoms with Crippen LogP contribution in [0.1, 0.15) is 10.3 Å². The Morgan fingerprint density at radius 3 is 0.706 bits per heavy atom. The molecule has 0 atom stereocenters. The van der Waals surface area contributed by atoms with E-state index in [0.29, 0.717) is 0 Å². The Labute approximate surface area is 155 Å². The Bertz CT molecular complexity index is 88.3. The Morgan fingerprint density at radius 2 is 0.706 bits per heavy atom. The minimum atomic E-state index is -0.118. The van der Waals surface area contributed by atoms with Crippen LogP contribution in [0.3, 0.4) is 0 Å². The predicted octanol–water partition coefficient (Wildman–Crippen LogP) is -15.7. The molecule has 0 spiro atoms. The van der Waals surface area contributed by atoms with Gasteiger partial charge in [0.1, 0.15) is 0 Å². The number of hydrogen-bond donors (Lipinski definition) is 0. The fraction of sp³-hybridized carbons (Fsp3) is 1.00. The molecule has 0 heterocycles. The van der Waals surface area contributed by atoms with Crippen LogP contribution in [0.25, 0.3) is 0 Å². The first-order valence-corrected chi connectivity index (χ1v) is 64.5. The normalized spacial score (nSPS) is 18.4. The standard InChI is InChI=1S/CH4.H18Si8.H10Si4.2H6Si2.2H2/c;1-7(2,3)8(4,5)6;1-3-4-2;2*1-2;;/h1H4;1-6H3;3-4H2,1-2H3;2*1-2H3;2*1H. The lowest BCUT2D eigenvalue weighted by Crippen LogP contribution is -2.68. The van der Waals surface area contributed by atoms with Crippen molar-refractivity contribution in [3.63, 3.8) is 0 Å². The van der Waals surface area contributed by atoms with Gasteiger partial charge in [-0.25, -0.2) is 0 Å². The lowest BCUT2D eigenvalue weighted by Gasteiger charge is -2.31. The highest BCUT2D eigenvalue weighted by atomic mass is 30.4. The molecule has 0 rings (SSSR count). The van der Waals surface area contributed by atoms with Crippen molar-refractivity contribution in [3.05, 3.63) is 0 Å². The highest BCUT2D eigenvalue weighted by Gasteiger charge is 2.30. The van der Waals surface area contributed by atoms with Crippen LogP contribution in [0.4, 0.5) is 0 Å². The third-order valence-corrected chi connectivity index (χ3v) is 223. The molecule has 0 saturated carbocycles. The average Bonchev–Trinajstić information content (AvgIpc) is 2.21. The summed E-state index contributed by atoms with van der Waals surface area (Å²) in [6.45, 7) is 0. The molecular weight excluding hydrogens is 461 g/mol.